The minimum atomic E-state index is -4.91. The first kappa shape index (κ1) is 36.0. The Balaban J connectivity index is 1.33. The van der Waals surface area contributed by atoms with Crippen LogP contribution in [0, 0.1) is 6.92 Å². The smallest absolute Gasteiger partial charge is 0.357 e. The van der Waals surface area contributed by atoms with Crippen LogP contribution in [0.15, 0.2) is 122 Å². The van der Waals surface area contributed by atoms with Crippen molar-refractivity contribution < 1.29 is 49.1 Å². The monoisotopic (exact) mass is 763 g/mol. The third-order valence-electron chi connectivity index (χ3n) is 7.44. The largest absolute Gasteiger partial charge is 0.506 e. The first-order valence-corrected chi connectivity index (χ1v) is 18.2. The number of rotatable bonds is 11. The predicted molar refractivity (Wildman–Crippen MR) is 193 cm³/mol. The molecule has 0 spiro atoms. The fourth-order valence-corrected chi connectivity index (χ4v) is 6.39. The lowest BCUT2D eigenvalue weighted by molar-refractivity contribution is 0.456. The van der Waals surface area contributed by atoms with Gasteiger partial charge in [0.2, 0.25) is 0 Å². The van der Waals surface area contributed by atoms with Crippen molar-refractivity contribution in [2.24, 2.45) is 20.5 Å². The summed E-state index contributed by atoms with van der Waals surface area (Å²) in [6.45, 7) is 1.59. The summed E-state index contributed by atoms with van der Waals surface area (Å²) >= 11 is -5.41. The molecular formula is C33H25N5O11S3. The Morgan fingerprint density at radius 2 is 1.38 bits per heavy atom. The standard InChI is InChI=1S/C33H25N5O11S3/c1-18-12-27(28(39)17-26(18)36-35-22-15-25-24(30(16-22)49-51(43)44)8-5-9-29(25)48-50(41)42)37-38-32-31(52(45,46)47)14-19-13-21(10-11-23(19)33(32)40)34-20-6-3-2-4-7-20/h2-17,34,39-40H,1H3,(H,41,42)(H,43,44)(H,45,46,47). The molecule has 0 aliphatic heterocycles. The van der Waals surface area contributed by atoms with E-state index < -0.39 is 54.9 Å². The summed E-state index contributed by atoms with van der Waals surface area (Å²) < 4.78 is 86.1. The van der Waals surface area contributed by atoms with E-state index in [0.29, 0.717) is 11.3 Å². The minimum Gasteiger partial charge on any atom is -0.506 e. The van der Waals surface area contributed by atoms with E-state index in [-0.39, 0.29) is 50.1 Å². The highest BCUT2D eigenvalue weighted by Crippen LogP contribution is 2.44. The molecule has 0 aliphatic carbocycles. The summed E-state index contributed by atoms with van der Waals surface area (Å²) in [6.07, 6.45) is 0. The number of nitrogens with one attached hydrogen (secondary N) is 1. The number of phenolic OH excluding ortho intramolecular Hbond substituents is 2. The van der Waals surface area contributed by atoms with Crippen LogP contribution >= 0.6 is 0 Å². The van der Waals surface area contributed by atoms with Gasteiger partial charge in [0.15, 0.2) is 17.2 Å². The zero-order chi connectivity index (χ0) is 37.2. The zero-order valence-electron chi connectivity index (χ0n) is 26.4. The molecule has 19 heteroatoms. The van der Waals surface area contributed by atoms with Crippen molar-refractivity contribution in [1.82, 2.24) is 0 Å². The molecule has 0 amide bonds. The van der Waals surface area contributed by atoms with Gasteiger partial charge in [0, 0.05) is 39.7 Å². The molecule has 0 saturated carbocycles. The summed E-state index contributed by atoms with van der Waals surface area (Å²) in [7, 11) is -4.91. The molecule has 2 atom stereocenters. The number of fused-ring (bicyclic) bond motifs is 2. The van der Waals surface area contributed by atoms with E-state index in [1.165, 1.54) is 42.5 Å². The van der Waals surface area contributed by atoms with E-state index in [1.54, 1.807) is 25.1 Å². The van der Waals surface area contributed by atoms with Crippen molar-refractivity contribution in [2.75, 3.05) is 5.32 Å². The second kappa shape index (κ2) is 14.8. The molecule has 0 aliphatic rings. The second-order valence-electron chi connectivity index (χ2n) is 10.9. The van der Waals surface area contributed by atoms with E-state index in [1.807, 2.05) is 30.3 Å². The lowest BCUT2D eigenvalue weighted by atomic mass is 10.1. The maximum atomic E-state index is 12.4. The molecule has 2 unspecified atom stereocenters. The molecule has 52 heavy (non-hydrogen) atoms. The lowest BCUT2D eigenvalue weighted by Crippen LogP contribution is -2.00. The first-order chi connectivity index (χ1) is 24.8. The topological polar surface area (TPSA) is 249 Å². The van der Waals surface area contributed by atoms with Crippen LogP contribution < -0.4 is 13.7 Å². The number of nitrogens with zero attached hydrogens (tertiary/aromatic N) is 4. The molecule has 16 nitrogen and oxygen atoms in total. The van der Waals surface area contributed by atoms with Crippen molar-refractivity contribution in [3.8, 4) is 23.0 Å². The highest BCUT2D eigenvalue weighted by atomic mass is 32.2. The predicted octanol–water partition coefficient (Wildman–Crippen LogP) is 8.56. The van der Waals surface area contributed by atoms with E-state index in [2.05, 4.69) is 25.8 Å². The average Bonchev–Trinajstić information content (AvgIpc) is 3.08. The number of hydrogen-bond donors (Lipinski definition) is 6. The van der Waals surface area contributed by atoms with Crippen LogP contribution in [0.3, 0.4) is 0 Å². The molecule has 6 rings (SSSR count). The van der Waals surface area contributed by atoms with Crippen molar-refractivity contribution >= 4 is 88.5 Å². The number of anilines is 2. The zero-order valence-corrected chi connectivity index (χ0v) is 28.9. The number of aryl methyl sites for hydroxylation is 1. The molecule has 6 aromatic rings. The number of hydrogen-bond acceptors (Lipinski definition) is 13. The Labute approximate surface area is 299 Å². The highest BCUT2D eigenvalue weighted by molar-refractivity contribution is 7.86. The van der Waals surface area contributed by atoms with Crippen molar-refractivity contribution in [3.63, 3.8) is 0 Å². The normalized spacial score (nSPS) is 13.2. The third-order valence-corrected chi connectivity index (χ3v) is 8.95. The Morgan fingerprint density at radius 3 is 2.10 bits per heavy atom. The quantitative estimate of drug-likeness (QED) is 0.0412. The van der Waals surface area contributed by atoms with E-state index >= 15 is 0 Å². The number of azo groups is 2. The molecule has 266 valence electrons. The lowest BCUT2D eigenvalue weighted by Gasteiger charge is -2.11. The number of aromatic hydroxyl groups is 2. The maximum absolute atomic E-state index is 12.4. The molecule has 0 radical (unpaired) electrons. The van der Waals surface area contributed by atoms with Crippen LogP contribution in [0.1, 0.15) is 5.56 Å². The molecule has 6 N–H and O–H groups in total. The van der Waals surface area contributed by atoms with Gasteiger partial charge in [-0.25, -0.2) is 0 Å². The number of benzene rings is 6. The average molecular weight is 764 g/mol. The van der Waals surface area contributed by atoms with E-state index in [9.17, 15) is 40.7 Å². The highest BCUT2D eigenvalue weighted by Gasteiger charge is 2.23. The van der Waals surface area contributed by atoms with E-state index in [4.69, 9.17) is 8.37 Å². The summed E-state index contributed by atoms with van der Waals surface area (Å²) in [5, 5.41) is 42.1. The number of para-hydroxylation sites is 1. The van der Waals surface area contributed by atoms with Crippen LogP contribution in [0.4, 0.5) is 34.1 Å². The molecule has 0 bridgehead atoms. The Hall–Kier alpha value is -5.83. The van der Waals surface area contributed by atoms with Gasteiger partial charge in [-0.15, -0.1) is 10.2 Å². The SMILES string of the molecule is Cc1cc(N=Nc2c(S(=O)(=O)O)cc3cc(Nc4ccccc4)ccc3c2O)c(O)cc1N=Nc1cc(OS(=O)O)c2cccc(OS(=O)O)c2c1. The minimum absolute atomic E-state index is 0.0491. The van der Waals surface area contributed by atoms with Crippen LogP contribution in [0.2, 0.25) is 0 Å². The van der Waals surface area contributed by atoms with Crippen molar-refractivity contribution in [3.05, 3.63) is 103 Å². The van der Waals surface area contributed by atoms with Crippen molar-refractivity contribution in [2.45, 2.75) is 11.8 Å². The molecular weight excluding hydrogens is 739 g/mol. The second-order valence-corrected chi connectivity index (χ2v) is 13.5. The van der Waals surface area contributed by atoms with E-state index in [0.717, 1.165) is 11.8 Å². The van der Waals surface area contributed by atoms with Crippen LogP contribution in [-0.4, -0.2) is 40.7 Å². The summed E-state index contributed by atoms with van der Waals surface area (Å²) in [6, 6.07) is 24.8. The summed E-state index contributed by atoms with van der Waals surface area (Å²) in [5.74, 6) is -1.20. The molecule has 0 fully saturated rings. The fraction of sp³-hybridized carbons (Fsp3) is 0.0303. The van der Waals surface area contributed by atoms with Gasteiger partial charge in [0.25, 0.3) is 10.1 Å². The molecule has 0 aromatic heterocycles. The van der Waals surface area contributed by atoms with Crippen LogP contribution in [0.5, 0.6) is 23.0 Å². The third kappa shape index (κ3) is 8.04. The molecule has 0 heterocycles. The Bertz CT molecular complexity index is 2590. The van der Waals surface area contributed by atoms with Gasteiger partial charge in [0.1, 0.15) is 22.0 Å². The Morgan fingerprint density at radius 1 is 0.673 bits per heavy atom. The van der Waals surface area contributed by atoms with Gasteiger partial charge >= 0.3 is 22.7 Å². The first-order valence-electron chi connectivity index (χ1n) is 14.7. The summed E-state index contributed by atoms with van der Waals surface area (Å²) in [4.78, 5) is -0.720. The molecule has 0 saturated heterocycles. The van der Waals surface area contributed by atoms with Gasteiger partial charge in [-0.3, -0.25) is 13.7 Å². The van der Waals surface area contributed by atoms with Crippen LogP contribution in [-0.2, 0) is 32.8 Å². The van der Waals surface area contributed by atoms with Gasteiger partial charge in [-0.05, 0) is 72.5 Å². The summed E-state index contributed by atoms with van der Waals surface area (Å²) in [5.41, 5.74) is 1.25. The van der Waals surface area contributed by atoms with Gasteiger partial charge in [0.05, 0.1) is 11.4 Å². The van der Waals surface area contributed by atoms with Gasteiger partial charge in [-0.1, -0.05) is 30.3 Å². The molecule has 6 aromatic carbocycles. The van der Waals surface area contributed by atoms with Crippen molar-refractivity contribution in [1.29, 1.82) is 0 Å². The van der Waals surface area contributed by atoms with Crippen LogP contribution in [0.25, 0.3) is 21.5 Å². The number of phenols is 2. The van der Waals surface area contributed by atoms with Gasteiger partial charge < -0.3 is 23.9 Å². The maximum Gasteiger partial charge on any atom is 0.357 e. The Kier molecular flexibility index (Phi) is 10.2. The fourth-order valence-electron chi connectivity index (χ4n) is 5.15. The van der Waals surface area contributed by atoms with Gasteiger partial charge in [-0.2, -0.15) is 27.1 Å².